The van der Waals surface area contributed by atoms with Gasteiger partial charge in [0.05, 0.1) is 13.7 Å². The number of nitrogens with one attached hydrogen (secondary N) is 1. The predicted molar refractivity (Wildman–Crippen MR) is 93.6 cm³/mol. The molecule has 1 heterocycles. The molecule has 1 aromatic rings. The first-order chi connectivity index (χ1) is 10.7. The van der Waals surface area contributed by atoms with E-state index in [1.807, 2.05) is 36.2 Å². The Labute approximate surface area is 144 Å². The Kier molecular flexibility index (Phi) is 8.81. The molecule has 0 spiro atoms. The first kappa shape index (κ1) is 19.6. The summed E-state index contributed by atoms with van der Waals surface area (Å²) in [7, 11) is 3.60. The third-order valence-corrected chi connectivity index (χ3v) is 4.05. The molecule has 2 rings (SSSR count). The molecule has 1 saturated heterocycles. The lowest BCUT2D eigenvalue weighted by Gasteiger charge is -2.32. The molecular weight excluding hydrogens is 316 g/mol. The number of piperidine rings is 1. The van der Waals surface area contributed by atoms with Gasteiger partial charge in [-0.15, -0.1) is 12.4 Å². The van der Waals surface area contributed by atoms with E-state index in [0.29, 0.717) is 19.1 Å². The first-order valence-corrected chi connectivity index (χ1v) is 7.95. The summed E-state index contributed by atoms with van der Waals surface area (Å²) in [6.45, 7) is 2.27. The molecule has 1 atom stereocenters. The van der Waals surface area contributed by atoms with Crippen LogP contribution in [0.25, 0.3) is 0 Å². The number of likely N-dealkylation sites (N-methyl/N-ethyl adjacent to an activating group) is 1. The van der Waals surface area contributed by atoms with Crippen molar-refractivity contribution in [2.24, 2.45) is 0 Å². The molecule has 1 aliphatic rings. The van der Waals surface area contributed by atoms with E-state index < -0.39 is 0 Å². The summed E-state index contributed by atoms with van der Waals surface area (Å²) >= 11 is 0. The summed E-state index contributed by atoms with van der Waals surface area (Å²) in [6, 6.07) is 7.93. The Morgan fingerprint density at radius 1 is 1.30 bits per heavy atom. The number of hydrogen-bond donors (Lipinski definition) is 1. The molecular formula is C17H27ClN2O3. The zero-order valence-corrected chi connectivity index (χ0v) is 14.7. The van der Waals surface area contributed by atoms with Gasteiger partial charge >= 0.3 is 0 Å². The van der Waals surface area contributed by atoms with Gasteiger partial charge in [0, 0.05) is 25.6 Å². The number of amides is 1. The van der Waals surface area contributed by atoms with Gasteiger partial charge in [-0.2, -0.15) is 0 Å². The van der Waals surface area contributed by atoms with Gasteiger partial charge in [-0.05, 0) is 50.6 Å². The largest absolute Gasteiger partial charge is 0.497 e. The van der Waals surface area contributed by atoms with Crippen molar-refractivity contribution in [3.05, 3.63) is 24.3 Å². The third kappa shape index (κ3) is 6.28. The summed E-state index contributed by atoms with van der Waals surface area (Å²) in [4.78, 5) is 14.2. The van der Waals surface area contributed by atoms with Gasteiger partial charge in [-0.3, -0.25) is 4.79 Å². The number of likely N-dealkylation sites (tertiary alicyclic amines) is 1. The lowest BCUT2D eigenvalue weighted by atomic mass is 10.1. The van der Waals surface area contributed by atoms with Crippen LogP contribution in [0, 0.1) is 0 Å². The highest BCUT2D eigenvalue weighted by Gasteiger charge is 2.21. The molecule has 1 amide bonds. The van der Waals surface area contributed by atoms with Gasteiger partial charge in [-0.25, -0.2) is 0 Å². The van der Waals surface area contributed by atoms with Crippen LogP contribution in [0.5, 0.6) is 11.5 Å². The average molecular weight is 343 g/mol. The molecule has 1 N–H and O–H groups in total. The summed E-state index contributed by atoms with van der Waals surface area (Å²) in [5.41, 5.74) is 0. The SMILES string of the molecule is CNC1CCCN(C(=O)CCCOc2ccc(OC)cc2)C1.Cl. The molecule has 5 nitrogen and oxygen atoms in total. The minimum absolute atomic E-state index is 0. The molecule has 0 radical (unpaired) electrons. The van der Waals surface area contributed by atoms with Crippen LogP contribution in [0.2, 0.25) is 0 Å². The highest BCUT2D eigenvalue weighted by molar-refractivity contribution is 5.85. The van der Waals surface area contributed by atoms with Gasteiger partial charge in [0.25, 0.3) is 0 Å². The minimum atomic E-state index is 0. The van der Waals surface area contributed by atoms with E-state index in [4.69, 9.17) is 9.47 Å². The van der Waals surface area contributed by atoms with E-state index in [1.54, 1.807) is 7.11 Å². The summed E-state index contributed by atoms with van der Waals surface area (Å²) < 4.78 is 10.7. The van der Waals surface area contributed by atoms with Crippen molar-refractivity contribution >= 4 is 18.3 Å². The van der Waals surface area contributed by atoms with Crippen molar-refractivity contribution in [1.29, 1.82) is 0 Å². The van der Waals surface area contributed by atoms with E-state index in [-0.39, 0.29) is 18.3 Å². The van der Waals surface area contributed by atoms with Crippen molar-refractivity contribution < 1.29 is 14.3 Å². The van der Waals surface area contributed by atoms with Crippen LogP contribution in [-0.2, 0) is 4.79 Å². The van der Waals surface area contributed by atoms with Crippen molar-refractivity contribution in [2.75, 3.05) is 33.9 Å². The van der Waals surface area contributed by atoms with Crippen molar-refractivity contribution in [3.63, 3.8) is 0 Å². The van der Waals surface area contributed by atoms with Crippen LogP contribution in [0.15, 0.2) is 24.3 Å². The summed E-state index contributed by atoms with van der Waals surface area (Å²) in [5.74, 6) is 1.85. The maximum absolute atomic E-state index is 12.2. The number of benzene rings is 1. The number of nitrogens with zero attached hydrogens (tertiary/aromatic N) is 1. The smallest absolute Gasteiger partial charge is 0.222 e. The van der Waals surface area contributed by atoms with E-state index in [1.165, 1.54) is 0 Å². The Morgan fingerprint density at radius 3 is 2.65 bits per heavy atom. The van der Waals surface area contributed by atoms with Gasteiger partial charge in [-0.1, -0.05) is 0 Å². The van der Waals surface area contributed by atoms with Crippen LogP contribution in [0.4, 0.5) is 0 Å². The molecule has 1 unspecified atom stereocenters. The molecule has 1 aliphatic heterocycles. The molecule has 130 valence electrons. The quantitative estimate of drug-likeness (QED) is 0.773. The van der Waals surface area contributed by atoms with Crippen LogP contribution in [0.3, 0.4) is 0 Å². The highest BCUT2D eigenvalue weighted by Crippen LogP contribution is 2.17. The topological polar surface area (TPSA) is 50.8 Å². The van der Waals surface area contributed by atoms with E-state index in [0.717, 1.165) is 43.9 Å². The second-order valence-electron chi connectivity index (χ2n) is 5.60. The van der Waals surface area contributed by atoms with Crippen LogP contribution in [0.1, 0.15) is 25.7 Å². The number of halogens is 1. The van der Waals surface area contributed by atoms with Crippen molar-refractivity contribution in [3.8, 4) is 11.5 Å². The summed E-state index contributed by atoms with van der Waals surface area (Å²) in [5, 5.41) is 3.26. The van der Waals surface area contributed by atoms with Crippen LogP contribution < -0.4 is 14.8 Å². The molecule has 1 fully saturated rings. The van der Waals surface area contributed by atoms with Crippen LogP contribution >= 0.6 is 12.4 Å². The Balaban J connectivity index is 0.00000264. The Hall–Kier alpha value is -1.46. The molecule has 0 bridgehead atoms. The molecule has 0 saturated carbocycles. The number of carbonyl (C=O) groups excluding carboxylic acids is 1. The van der Waals surface area contributed by atoms with Gasteiger partial charge in [0.15, 0.2) is 0 Å². The lowest BCUT2D eigenvalue weighted by molar-refractivity contribution is -0.132. The van der Waals surface area contributed by atoms with Gasteiger partial charge < -0.3 is 19.7 Å². The average Bonchev–Trinajstić information content (AvgIpc) is 2.59. The molecule has 23 heavy (non-hydrogen) atoms. The van der Waals surface area contributed by atoms with E-state index in [2.05, 4.69) is 5.32 Å². The van der Waals surface area contributed by atoms with E-state index >= 15 is 0 Å². The fourth-order valence-corrected chi connectivity index (χ4v) is 2.68. The molecule has 0 aliphatic carbocycles. The van der Waals surface area contributed by atoms with Crippen molar-refractivity contribution in [2.45, 2.75) is 31.7 Å². The van der Waals surface area contributed by atoms with Crippen molar-refractivity contribution in [1.82, 2.24) is 10.2 Å². The second kappa shape index (κ2) is 10.3. The fourth-order valence-electron chi connectivity index (χ4n) is 2.68. The number of ether oxygens (including phenoxy) is 2. The monoisotopic (exact) mass is 342 g/mol. The van der Waals surface area contributed by atoms with Gasteiger partial charge in [0.1, 0.15) is 11.5 Å². The molecule has 0 aromatic heterocycles. The number of hydrogen-bond acceptors (Lipinski definition) is 4. The Morgan fingerprint density at radius 2 is 2.00 bits per heavy atom. The standard InChI is InChI=1S/C17H26N2O3.ClH/c1-18-14-5-3-11-19(13-14)17(20)6-4-12-22-16-9-7-15(21-2)8-10-16;/h7-10,14,18H,3-6,11-13H2,1-2H3;1H. The highest BCUT2D eigenvalue weighted by atomic mass is 35.5. The molecule has 1 aromatic carbocycles. The van der Waals surface area contributed by atoms with Crippen LogP contribution in [-0.4, -0.2) is 50.7 Å². The zero-order valence-electron chi connectivity index (χ0n) is 13.9. The Bertz CT molecular complexity index is 467. The normalized spacial score (nSPS) is 17.3. The maximum Gasteiger partial charge on any atom is 0.222 e. The van der Waals surface area contributed by atoms with Gasteiger partial charge in [0.2, 0.25) is 5.91 Å². The first-order valence-electron chi connectivity index (χ1n) is 7.95. The second-order valence-corrected chi connectivity index (χ2v) is 5.60. The number of carbonyl (C=O) groups is 1. The van der Waals surface area contributed by atoms with E-state index in [9.17, 15) is 4.79 Å². The molecule has 6 heteroatoms. The number of methoxy groups -OCH3 is 1. The predicted octanol–water partition coefficient (Wildman–Crippen LogP) is 2.49. The fraction of sp³-hybridized carbons (Fsp3) is 0.588. The maximum atomic E-state index is 12.2. The lowest BCUT2D eigenvalue weighted by Crippen LogP contribution is -2.46. The zero-order chi connectivity index (χ0) is 15.8. The summed E-state index contributed by atoms with van der Waals surface area (Å²) in [6.07, 6.45) is 3.53. The third-order valence-electron chi connectivity index (χ3n) is 4.05. The number of rotatable bonds is 7. The minimum Gasteiger partial charge on any atom is -0.497 e.